The average Bonchev–Trinajstić information content (AvgIpc) is 3.24. The Labute approximate surface area is 311 Å². The molecule has 0 N–H and O–H groups in total. The molecule has 0 radical (unpaired) electrons. The number of pyridine rings is 4. The Morgan fingerprint density at radius 3 is 1.46 bits per heavy atom. The molecule has 0 spiro atoms. The Hall–Kier alpha value is -7.30. The van der Waals surface area contributed by atoms with E-state index < -0.39 is 0 Å². The zero-order valence-corrected chi connectivity index (χ0v) is 29.1. The van der Waals surface area contributed by atoms with E-state index in [-0.39, 0.29) is 0 Å². The van der Waals surface area contributed by atoms with Crippen LogP contribution in [0.2, 0.25) is 0 Å². The Morgan fingerprint density at radius 1 is 0.259 bits per heavy atom. The largest absolute Gasteiger partial charge is 0.248 e. The summed E-state index contributed by atoms with van der Waals surface area (Å²) in [6.45, 7) is 0. The van der Waals surface area contributed by atoms with Crippen LogP contribution >= 0.6 is 0 Å². The normalized spacial score (nSPS) is 11.7. The third-order valence-electron chi connectivity index (χ3n) is 10.6. The van der Waals surface area contributed by atoms with Crippen molar-refractivity contribution in [1.29, 1.82) is 0 Å². The van der Waals surface area contributed by atoms with Crippen LogP contribution < -0.4 is 0 Å². The fourth-order valence-electron chi connectivity index (χ4n) is 7.91. The summed E-state index contributed by atoms with van der Waals surface area (Å²) in [7, 11) is 0. The van der Waals surface area contributed by atoms with Gasteiger partial charge in [-0.25, -0.2) is 19.9 Å². The highest BCUT2D eigenvalue weighted by Gasteiger charge is 2.19. The summed E-state index contributed by atoms with van der Waals surface area (Å²) in [5, 5.41) is 8.88. The molecule has 0 aliphatic heterocycles. The molecule has 0 bridgehead atoms. The smallest absolute Gasteiger partial charge is 0.0979 e. The van der Waals surface area contributed by atoms with Gasteiger partial charge in [0.25, 0.3) is 0 Å². The number of nitrogens with zero attached hydrogens (tertiary/aromatic N) is 4. The highest BCUT2D eigenvalue weighted by atomic mass is 14.8. The lowest BCUT2D eigenvalue weighted by Crippen LogP contribution is -1.97. The number of para-hydroxylation sites is 2. The summed E-state index contributed by atoms with van der Waals surface area (Å²) in [5.74, 6) is 0. The molecular weight excluding hydrogens is 657 g/mol. The highest BCUT2D eigenvalue weighted by molar-refractivity contribution is 6.14. The van der Waals surface area contributed by atoms with Crippen molar-refractivity contribution < 1.29 is 0 Å². The average molecular weight is 687 g/mol. The van der Waals surface area contributed by atoms with Crippen molar-refractivity contribution in [1.82, 2.24) is 19.9 Å². The maximum Gasteiger partial charge on any atom is 0.0979 e. The van der Waals surface area contributed by atoms with Crippen LogP contribution in [0.1, 0.15) is 0 Å². The Kier molecular flexibility index (Phi) is 6.82. The number of rotatable bonds is 4. The van der Waals surface area contributed by atoms with Gasteiger partial charge in [-0.3, -0.25) is 0 Å². The summed E-state index contributed by atoms with van der Waals surface area (Å²) >= 11 is 0. The lowest BCUT2D eigenvalue weighted by atomic mass is 9.94. The minimum Gasteiger partial charge on any atom is -0.248 e. The standard InChI is InChI=1S/C50H30N4/c1-2-14-35-28-36(21-20-31(35)10-1)47-29-41(45-26-22-33-12-4-7-18-43(33)51-45)39-24-25-40-42(46-27-23-34-13-5-8-19-44(34)52-46)30-48(54-50(40)49(39)53-47)38-17-9-15-32-11-3-6-16-37(32)38/h1-30H. The zero-order valence-electron chi connectivity index (χ0n) is 29.1. The number of benzene rings is 7. The first-order valence-electron chi connectivity index (χ1n) is 18.2. The molecule has 0 saturated carbocycles. The van der Waals surface area contributed by atoms with Crippen LogP contribution in [0.3, 0.4) is 0 Å². The third kappa shape index (κ3) is 5.00. The van der Waals surface area contributed by atoms with E-state index in [1.807, 2.05) is 12.1 Å². The molecule has 0 unspecified atom stereocenters. The van der Waals surface area contributed by atoms with Crippen molar-refractivity contribution in [3.63, 3.8) is 0 Å². The summed E-state index contributed by atoms with van der Waals surface area (Å²) in [6.07, 6.45) is 0. The molecule has 4 heterocycles. The lowest BCUT2D eigenvalue weighted by Gasteiger charge is -2.16. The first-order valence-corrected chi connectivity index (χ1v) is 18.2. The number of hydrogen-bond acceptors (Lipinski definition) is 4. The maximum absolute atomic E-state index is 5.53. The summed E-state index contributed by atoms with van der Waals surface area (Å²) in [4.78, 5) is 21.4. The van der Waals surface area contributed by atoms with Crippen LogP contribution in [0.4, 0.5) is 0 Å². The highest BCUT2D eigenvalue weighted by Crippen LogP contribution is 2.40. The van der Waals surface area contributed by atoms with Gasteiger partial charge in [0.05, 0.1) is 44.8 Å². The Balaban J connectivity index is 1.26. The number of aromatic nitrogens is 4. The second kappa shape index (κ2) is 12.1. The molecule has 4 nitrogen and oxygen atoms in total. The van der Waals surface area contributed by atoms with Crippen LogP contribution in [-0.4, -0.2) is 19.9 Å². The predicted octanol–water partition coefficient (Wildman–Crippen LogP) is 12.9. The van der Waals surface area contributed by atoms with Crippen molar-refractivity contribution >= 4 is 65.2 Å². The molecule has 4 heteroatoms. The molecule has 11 aromatic rings. The molecule has 0 amide bonds. The number of fused-ring (bicyclic) bond motifs is 7. The SMILES string of the molecule is c1ccc2cc(-c3cc(-c4ccc5ccccc5n4)c4ccc5c(-c6ccc7ccccc7n6)cc(-c6cccc7ccccc67)nc5c4n3)ccc2c1. The second-order valence-electron chi connectivity index (χ2n) is 13.8. The van der Waals surface area contributed by atoms with E-state index in [9.17, 15) is 0 Å². The van der Waals surface area contributed by atoms with Crippen LogP contribution in [0.5, 0.6) is 0 Å². The molecule has 250 valence electrons. The molecule has 0 atom stereocenters. The van der Waals surface area contributed by atoms with E-state index in [2.05, 4.69) is 170 Å². The molecule has 11 rings (SSSR count). The van der Waals surface area contributed by atoms with Gasteiger partial charge < -0.3 is 0 Å². The Bertz CT molecular complexity index is 3290. The number of hydrogen-bond donors (Lipinski definition) is 0. The summed E-state index contributed by atoms with van der Waals surface area (Å²) < 4.78 is 0. The summed E-state index contributed by atoms with van der Waals surface area (Å²) in [5.41, 5.74) is 11.2. The van der Waals surface area contributed by atoms with Gasteiger partial charge in [-0.1, -0.05) is 140 Å². The van der Waals surface area contributed by atoms with Gasteiger partial charge in [-0.15, -0.1) is 0 Å². The first-order chi connectivity index (χ1) is 26.7. The Morgan fingerprint density at radius 2 is 0.778 bits per heavy atom. The van der Waals surface area contributed by atoms with Crippen molar-refractivity contribution in [2.75, 3.05) is 0 Å². The predicted molar refractivity (Wildman–Crippen MR) is 224 cm³/mol. The second-order valence-corrected chi connectivity index (χ2v) is 13.8. The molecule has 0 saturated heterocycles. The van der Waals surface area contributed by atoms with Crippen LogP contribution in [0, 0.1) is 0 Å². The minimum absolute atomic E-state index is 0.826. The van der Waals surface area contributed by atoms with Crippen LogP contribution in [-0.2, 0) is 0 Å². The third-order valence-corrected chi connectivity index (χ3v) is 10.6. The van der Waals surface area contributed by atoms with E-state index >= 15 is 0 Å². The van der Waals surface area contributed by atoms with Crippen molar-refractivity contribution in [3.05, 3.63) is 182 Å². The van der Waals surface area contributed by atoms with Gasteiger partial charge in [0.15, 0.2) is 0 Å². The van der Waals surface area contributed by atoms with E-state index in [0.29, 0.717) is 0 Å². The van der Waals surface area contributed by atoms with Gasteiger partial charge in [-0.2, -0.15) is 0 Å². The quantitative estimate of drug-likeness (QED) is 0.173. The molecule has 7 aromatic carbocycles. The van der Waals surface area contributed by atoms with Gasteiger partial charge in [0, 0.05) is 43.8 Å². The van der Waals surface area contributed by atoms with E-state index in [4.69, 9.17) is 19.9 Å². The molecule has 0 aliphatic rings. The summed E-state index contributed by atoms with van der Waals surface area (Å²) in [6, 6.07) is 63.8. The maximum atomic E-state index is 5.53. The van der Waals surface area contributed by atoms with Crippen molar-refractivity contribution in [3.8, 4) is 45.0 Å². The van der Waals surface area contributed by atoms with Gasteiger partial charge in [0.2, 0.25) is 0 Å². The molecular formula is C50H30N4. The van der Waals surface area contributed by atoms with Crippen LogP contribution in [0.15, 0.2) is 182 Å². The van der Waals surface area contributed by atoms with E-state index in [0.717, 1.165) is 94.0 Å². The fraction of sp³-hybridized carbons (Fsp3) is 0. The molecule has 0 aliphatic carbocycles. The van der Waals surface area contributed by atoms with Crippen molar-refractivity contribution in [2.45, 2.75) is 0 Å². The first kappa shape index (κ1) is 30.3. The molecule has 4 aromatic heterocycles. The molecule has 54 heavy (non-hydrogen) atoms. The minimum atomic E-state index is 0.826. The monoisotopic (exact) mass is 686 g/mol. The van der Waals surface area contributed by atoms with Crippen LogP contribution in [0.25, 0.3) is 110 Å². The molecule has 0 fully saturated rings. The van der Waals surface area contributed by atoms with Crippen molar-refractivity contribution in [2.24, 2.45) is 0 Å². The fourth-order valence-corrected chi connectivity index (χ4v) is 7.91. The van der Waals surface area contributed by atoms with Gasteiger partial charge >= 0.3 is 0 Å². The topological polar surface area (TPSA) is 51.6 Å². The van der Waals surface area contributed by atoms with E-state index in [1.165, 1.54) is 16.2 Å². The lowest BCUT2D eigenvalue weighted by molar-refractivity contribution is 1.35. The van der Waals surface area contributed by atoms with E-state index in [1.54, 1.807) is 0 Å². The zero-order chi connectivity index (χ0) is 35.6. The van der Waals surface area contributed by atoms with Gasteiger partial charge in [-0.05, 0) is 64.0 Å². The van der Waals surface area contributed by atoms with Gasteiger partial charge in [0.1, 0.15) is 0 Å².